The second-order valence-corrected chi connectivity index (χ2v) is 4.21. The third kappa shape index (κ3) is 1.69. The number of rotatable bonds is 2. The van der Waals surface area contributed by atoms with E-state index in [2.05, 4.69) is 10.1 Å². The zero-order chi connectivity index (χ0) is 13.6. The van der Waals surface area contributed by atoms with Crippen molar-refractivity contribution in [3.05, 3.63) is 42.0 Å². The number of aromatic carboxylic acids is 1. The van der Waals surface area contributed by atoms with Crippen LogP contribution in [0.5, 0.6) is 0 Å². The quantitative estimate of drug-likeness (QED) is 0.742. The first kappa shape index (κ1) is 11.5. The van der Waals surface area contributed by atoms with Crippen molar-refractivity contribution in [2.75, 3.05) is 0 Å². The van der Waals surface area contributed by atoms with Crippen LogP contribution < -0.4 is 0 Å². The molecule has 0 bridgehead atoms. The first-order valence-electron chi connectivity index (χ1n) is 5.61. The number of hydrogen-bond acceptors (Lipinski definition) is 2. The fourth-order valence-corrected chi connectivity index (χ4v) is 2.15. The largest absolute Gasteiger partial charge is 0.476 e. The molecule has 3 aromatic rings. The van der Waals surface area contributed by atoms with E-state index in [1.54, 1.807) is 25.4 Å². The summed E-state index contributed by atoms with van der Waals surface area (Å²) < 4.78 is 15.1. The lowest BCUT2D eigenvalue weighted by molar-refractivity contribution is 0.0689. The van der Waals surface area contributed by atoms with Crippen LogP contribution in [-0.4, -0.2) is 25.8 Å². The number of halogens is 1. The molecule has 2 N–H and O–H groups in total. The Morgan fingerprint density at radius 2 is 2.26 bits per heavy atom. The molecule has 0 saturated carbocycles. The first-order chi connectivity index (χ1) is 9.08. The molecule has 96 valence electrons. The van der Waals surface area contributed by atoms with Gasteiger partial charge >= 0.3 is 5.97 Å². The van der Waals surface area contributed by atoms with Crippen LogP contribution in [0.15, 0.2) is 30.5 Å². The van der Waals surface area contributed by atoms with Crippen LogP contribution in [-0.2, 0) is 7.05 Å². The van der Waals surface area contributed by atoms with Gasteiger partial charge in [0.1, 0.15) is 5.82 Å². The predicted molar refractivity (Wildman–Crippen MR) is 67.4 cm³/mol. The molecular weight excluding hydrogens is 249 g/mol. The molecule has 5 nitrogen and oxygen atoms in total. The van der Waals surface area contributed by atoms with Gasteiger partial charge in [0.25, 0.3) is 0 Å². The molecule has 6 heteroatoms. The van der Waals surface area contributed by atoms with Crippen molar-refractivity contribution in [2.45, 2.75) is 0 Å². The molecule has 0 atom stereocenters. The number of aromatic amines is 1. The van der Waals surface area contributed by atoms with Gasteiger partial charge in [0.15, 0.2) is 5.69 Å². The van der Waals surface area contributed by atoms with Gasteiger partial charge in [0.2, 0.25) is 0 Å². The summed E-state index contributed by atoms with van der Waals surface area (Å²) >= 11 is 0. The molecule has 0 unspecified atom stereocenters. The molecule has 1 aromatic carbocycles. The first-order valence-corrected chi connectivity index (χ1v) is 5.61. The van der Waals surface area contributed by atoms with Crippen LogP contribution in [0.2, 0.25) is 0 Å². The lowest BCUT2D eigenvalue weighted by Crippen LogP contribution is -1.99. The maximum absolute atomic E-state index is 13.6. The Morgan fingerprint density at radius 3 is 2.95 bits per heavy atom. The van der Waals surface area contributed by atoms with E-state index in [1.165, 1.54) is 16.8 Å². The van der Waals surface area contributed by atoms with Gasteiger partial charge < -0.3 is 10.1 Å². The summed E-state index contributed by atoms with van der Waals surface area (Å²) in [6.07, 6.45) is 1.65. The fourth-order valence-electron chi connectivity index (χ4n) is 2.15. The van der Waals surface area contributed by atoms with Gasteiger partial charge in [-0.25, -0.2) is 9.18 Å². The number of carbonyl (C=O) groups is 1. The molecule has 0 aliphatic rings. The van der Waals surface area contributed by atoms with Gasteiger partial charge in [-0.05, 0) is 12.1 Å². The summed E-state index contributed by atoms with van der Waals surface area (Å²) in [7, 11) is 1.65. The van der Waals surface area contributed by atoms with Crippen molar-refractivity contribution in [1.82, 2.24) is 14.8 Å². The highest BCUT2D eigenvalue weighted by Gasteiger charge is 2.16. The van der Waals surface area contributed by atoms with Crippen LogP contribution in [0, 0.1) is 5.82 Å². The van der Waals surface area contributed by atoms with E-state index in [1.807, 2.05) is 0 Å². The standard InChI is InChI=1S/C13H10FN3O2/c1-17-11(5-10(16-17)13(18)19)8-6-15-12-7(8)3-2-4-9(12)14/h2-6,15H,1H3,(H,18,19). The minimum Gasteiger partial charge on any atom is -0.476 e. The SMILES string of the molecule is Cn1nc(C(=O)O)cc1-c1c[nH]c2c(F)cccc12. The molecule has 2 heterocycles. The number of H-pyrrole nitrogens is 1. The predicted octanol–water partition coefficient (Wildman–Crippen LogP) is 2.41. The minimum absolute atomic E-state index is 0.0387. The number of nitrogens with one attached hydrogen (secondary N) is 1. The Bertz CT molecular complexity index is 788. The molecule has 3 rings (SSSR count). The van der Waals surface area contributed by atoms with E-state index in [0.717, 1.165) is 5.56 Å². The Balaban J connectivity index is 2.25. The number of aryl methyl sites for hydroxylation is 1. The number of benzene rings is 1. The highest BCUT2D eigenvalue weighted by molar-refractivity contribution is 5.96. The van der Waals surface area contributed by atoms with Gasteiger partial charge in [0.05, 0.1) is 11.2 Å². The lowest BCUT2D eigenvalue weighted by Gasteiger charge is -1.99. The minimum atomic E-state index is -1.09. The molecule has 0 fully saturated rings. The van der Waals surface area contributed by atoms with E-state index < -0.39 is 5.97 Å². The van der Waals surface area contributed by atoms with Crippen LogP contribution in [0.25, 0.3) is 22.2 Å². The monoisotopic (exact) mass is 259 g/mol. The van der Waals surface area contributed by atoms with Gasteiger partial charge in [-0.2, -0.15) is 5.10 Å². The van der Waals surface area contributed by atoms with Gasteiger partial charge in [-0.1, -0.05) is 12.1 Å². The molecule has 0 spiro atoms. The van der Waals surface area contributed by atoms with Crippen molar-refractivity contribution in [2.24, 2.45) is 7.05 Å². The molecule has 19 heavy (non-hydrogen) atoms. The van der Waals surface area contributed by atoms with E-state index in [4.69, 9.17) is 5.11 Å². The number of para-hydroxylation sites is 1. The Labute approximate surface area is 107 Å². The van der Waals surface area contributed by atoms with Gasteiger partial charge in [0, 0.05) is 24.2 Å². The molecule has 0 radical (unpaired) electrons. The van der Waals surface area contributed by atoms with E-state index >= 15 is 0 Å². The fraction of sp³-hybridized carbons (Fsp3) is 0.0769. The normalized spacial score (nSPS) is 11.1. The van der Waals surface area contributed by atoms with Gasteiger partial charge in [-0.15, -0.1) is 0 Å². The highest BCUT2D eigenvalue weighted by atomic mass is 19.1. The number of nitrogens with zero attached hydrogens (tertiary/aromatic N) is 2. The molecule has 0 aliphatic carbocycles. The molecule has 2 aromatic heterocycles. The summed E-state index contributed by atoms with van der Waals surface area (Å²) in [5.41, 5.74) is 1.70. The molecule has 0 saturated heterocycles. The van der Waals surface area contributed by atoms with Gasteiger partial charge in [-0.3, -0.25) is 4.68 Å². The Hall–Kier alpha value is -2.63. The third-order valence-corrected chi connectivity index (χ3v) is 3.04. The summed E-state index contributed by atoms with van der Waals surface area (Å²) in [6, 6.07) is 6.23. The number of aromatic nitrogens is 3. The maximum atomic E-state index is 13.6. The van der Waals surface area contributed by atoms with Crippen molar-refractivity contribution < 1.29 is 14.3 Å². The van der Waals surface area contributed by atoms with Crippen molar-refractivity contribution in [3.63, 3.8) is 0 Å². The van der Waals surface area contributed by atoms with Crippen molar-refractivity contribution in [3.8, 4) is 11.3 Å². The molecule has 0 amide bonds. The number of carboxylic acids is 1. The Morgan fingerprint density at radius 1 is 1.47 bits per heavy atom. The number of hydrogen-bond donors (Lipinski definition) is 2. The van der Waals surface area contributed by atoms with E-state index in [-0.39, 0.29) is 11.5 Å². The zero-order valence-corrected chi connectivity index (χ0v) is 10.0. The second-order valence-electron chi connectivity index (χ2n) is 4.21. The second kappa shape index (κ2) is 3.94. The van der Waals surface area contributed by atoms with Crippen LogP contribution in [0.3, 0.4) is 0 Å². The number of carboxylic acid groups (broad SMARTS) is 1. The van der Waals surface area contributed by atoms with Crippen molar-refractivity contribution >= 4 is 16.9 Å². The summed E-state index contributed by atoms with van der Waals surface area (Å²) in [5, 5.41) is 13.5. The summed E-state index contributed by atoms with van der Waals surface area (Å²) in [5.74, 6) is -1.43. The Kier molecular flexibility index (Phi) is 2.38. The summed E-state index contributed by atoms with van der Waals surface area (Å²) in [4.78, 5) is 13.8. The lowest BCUT2D eigenvalue weighted by atomic mass is 10.1. The van der Waals surface area contributed by atoms with Crippen LogP contribution in [0.4, 0.5) is 4.39 Å². The highest BCUT2D eigenvalue weighted by Crippen LogP contribution is 2.29. The van der Waals surface area contributed by atoms with Crippen molar-refractivity contribution in [1.29, 1.82) is 0 Å². The maximum Gasteiger partial charge on any atom is 0.356 e. The molecular formula is C13H10FN3O2. The zero-order valence-electron chi connectivity index (χ0n) is 10.0. The molecule has 0 aliphatic heterocycles. The third-order valence-electron chi connectivity index (χ3n) is 3.04. The number of fused-ring (bicyclic) bond motifs is 1. The average Bonchev–Trinajstić information content (AvgIpc) is 2.93. The summed E-state index contributed by atoms with van der Waals surface area (Å²) in [6.45, 7) is 0. The van der Waals surface area contributed by atoms with Crippen LogP contribution >= 0.6 is 0 Å². The average molecular weight is 259 g/mol. The van der Waals surface area contributed by atoms with E-state index in [9.17, 15) is 9.18 Å². The topological polar surface area (TPSA) is 70.9 Å². The van der Waals surface area contributed by atoms with E-state index in [0.29, 0.717) is 16.6 Å². The van der Waals surface area contributed by atoms with Crippen LogP contribution in [0.1, 0.15) is 10.5 Å². The smallest absolute Gasteiger partial charge is 0.356 e.